The van der Waals surface area contributed by atoms with Gasteiger partial charge in [-0.25, -0.2) is 4.79 Å². The lowest BCUT2D eigenvalue weighted by Gasteiger charge is -2.07. The summed E-state index contributed by atoms with van der Waals surface area (Å²) in [5.41, 5.74) is 0.676. The average molecular weight is 259 g/mol. The van der Waals surface area contributed by atoms with Gasteiger partial charge in [0.25, 0.3) is 0 Å². The zero-order valence-corrected chi connectivity index (χ0v) is 9.51. The van der Waals surface area contributed by atoms with Gasteiger partial charge in [-0.3, -0.25) is 0 Å². The van der Waals surface area contributed by atoms with Gasteiger partial charge in [-0.2, -0.15) is 0 Å². The number of hydrogen-bond acceptors (Lipinski definition) is 2. The van der Waals surface area contributed by atoms with Crippen LogP contribution in [0.3, 0.4) is 0 Å². The van der Waals surface area contributed by atoms with Crippen LogP contribution in [0.1, 0.15) is 0 Å². The van der Waals surface area contributed by atoms with E-state index in [0.717, 1.165) is 4.47 Å². The van der Waals surface area contributed by atoms with Crippen LogP contribution in [0.5, 0.6) is 5.75 Å². The first-order valence-electron chi connectivity index (χ1n) is 3.99. The minimum Gasteiger partial charge on any atom is -0.497 e. The van der Waals surface area contributed by atoms with E-state index in [4.69, 9.17) is 4.74 Å². The highest BCUT2D eigenvalue weighted by Crippen LogP contribution is 2.24. The molecule has 0 bridgehead atoms. The average Bonchev–Trinajstić information content (AvgIpc) is 2.16. The number of halogens is 1. The van der Waals surface area contributed by atoms with Crippen molar-refractivity contribution in [2.24, 2.45) is 0 Å². The summed E-state index contributed by atoms with van der Waals surface area (Å²) in [5.74, 6) is 0.686. The largest absolute Gasteiger partial charge is 0.497 e. The Balaban J connectivity index is 2.86. The molecule has 0 saturated heterocycles. The smallest absolute Gasteiger partial charge is 0.318 e. The van der Waals surface area contributed by atoms with E-state index in [-0.39, 0.29) is 6.03 Å². The first-order chi connectivity index (χ1) is 6.65. The van der Waals surface area contributed by atoms with Gasteiger partial charge in [0, 0.05) is 23.3 Å². The molecule has 14 heavy (non-hydrogen) atoms. The van der Waals surface area contributed by atoms with Crippen molar-refractivity contribution < 1.29 is 9.53 Å². The summed E-state index contributed by atoms with van der Waals surface area (Å²) in [5, 5.41) is 5.11. The van der Waals surface area contributed by atoms with E-state index in [0.29, 0.717) is 11.4 Å². The van der Waals surface area contributed by atoms with E-state index >= 15 is 0 Å². The Labute approximate surface area is 90.8 Å². The number of carbonyl (C=O) groups excluding carboxylic acids is 1. The van der Waals surface area contributed by atoms with E-state index in [9.17, 15) is 4.79 Å². The summed E-state index contributed by atoms with van der Waals surface area (Å²) < 4.78 is 5.90. The van der Waals surface area contributed by atoms with E-state index in [2.05, 4.69) is 26.6 Å². The molecule has 0 heterocycles. The monoisotopic (exact) mass is 258 g/mol. The predicted octanol–water partition coefficient (Wildman–Crippen LogP) is 2.21. The Morgan fingerprint density at radius 3 is 2.71 bits per heavy atom. The SMILES string of the molecule is CNC(=O)Nc1cc(Br)cc(OC)c1. The second-order valence-corrected chi connectivity index (χ2v) is 3.50. The lowest BCUT2D eigenvalue weighted by atomic mass is 10.3. The first-order valence-corrected chi connectivity index (χ1v) is 4.78. The minimum absolute atomic E-state index is 0.259. The molecular formula is C9H11BrN2O2. The van der Waals surface area contributed by atoms with Gasteiger partial charge in [0.1, 0.15) is 5.75 Å². The van der Waals surface area contributed by atoms with Crippen molar-refractivity contribution in [3.63, 3.8) is 0 Å². The van der Waals surface area contributed by atoms with Gasteiger partial charge in [-0.1, -0.05) is 15.9 Å². The van der Waals surface area contributed by atoms with Crippen molar-refractivity contribution in [1.29, 1.82) is 0 Å². The quantitative estimate of drug-likeness (QED) is 0.855. The topological polar surface area (TPSA) is 50.4 Å². The molecule has 1 aromatic carbocycles. The van der Waals surface area contributed by atoms with E-state index < -0.39 is 0 Å². The van der Waals surface area contributed by atoms with Crippen molar-refractivity contribution in [2.45, 2.75) is 0 Å². The fourth-order valence-corrected chi connectivity index (χ4v) is 1.42. The molecule has 0 aliphatic rings. The van der Waals surface area contributed by atoms with Crippen LogP contribution in [0, 0.1) is 0 Å². The minimum atomic E-state index is -0.259. The number of rotatable bonds is 2. The van der Waals surface area contributed by atoms with Crippen LogP contribution < -0.4 is 15.4 Å². The third kappa shape index (κ3) is 2.92. The molecule has 0 aliphatic heterocycles. The van der Waals surface area contributed by atoms with Crippen molar-refractivity contribution >= 4 is 27.6 Å². The van der Waals surface area contributed by atoms with Gasteiger partial charge in [-0.15, -0.1) is 0 Å². The van der Waals surface area contributed by atoms with Crippen LogP contribution in [-0.2, 0) is 0 Å². The summed E-state index contributed by atoms with van der Waals surface area (Å²) in [4.78, 5) is 11.0. The molecular weight excluding hydrogens is 248 g/mol. The zero-order chi connectivity index (χ0) is 10.6. The lowest BCUT2D eigenvalue weighted by molar-refractivity contribution is 0.254. The van der Waals surface area contributed by atoms with Gasteiger partial charge < -0.3 is 15.4 Å². The molecule has 0 spiro atoms. The van der Waals surface area contributed by atoms with Gasteiger partial charge >= 0.3 is 6.03 Å². The molecule has 1 rings (SSSR count). The number of benzene rings is 1. The highest BCUT2D eigenvalue weighted by Gasteiger charge is 2.02. The van der Waals surface area contributed by atoms with Crippen LogP contribution in [0.25, 0.3) is 0 Å². The van der Waals surface area contributed by atoms with E-state index in [1.807, 2.05) is 6.07 Å². The molecule has 0 aromatic heterocycles. The number of carbonyl (C=O) groups is 1. The van der Waals surface area contributed by atoms with E-state index in [1.165, 1.54) is 0 Å². The predicted molar refractivity (Wildman–Crippen MR) is 58.8 cm³/mol. The highest BCUT2D eigenvalue weighted by molar-refractivity contribution is 9.10. The number of amides is 2. The molecule has 76 valence electrons. The van der Waals surface area contributed by atoms with Gasteiger partial charge in [0.2, 0.25) is 0 Å². The highest BCUT2D eigenvalue weighted by atomic mass is 79.9. The Morgan fingerprint density at radius 2 is 2.14 bits per heavy atom. The number of ether oxygens (including phenoxy) is 1. The maximum absolute atomic E-state index is 11.0. The second kappa shape index (κ2) is 4.85. The molecule has 1 aromatic rings. The van der Waals surface area contributed by atoms with Crippen molar-refractivity contribution in [2.75, 3.05) is 19.5 Å². The van der Waals surface area contributed by atoms with Gasteiger partial charge in [-0.05, 0) is 12.1 Å². The van der Waals surface area contributed by atoms with Crippen LogP contribution in [-0.4, -0.2) is 20.2 Å². The molecule has 2 amide bonds. The van der Waals surface area contributed by atoms with Gasteiger partial charge in [0.15, 0.2) is 0 Å². The molecule has 0 saturated carbocycles. The number of anilines is 1. The number of nitrogens with one attached hydrogen (secondary N) is 2. The Bertz CT molecular complexity index is 342. The number of methoxy groups -OCH3 is 1. The van der Waals surface area contributed by atoms with Crippen LogP contribution >= 0.6 is 15.9 Å². The Kier molecular flexibility index (Phi) is 3.76. The van der Waals surface area contributed by atoms with E-state index in [1.54, 1.807) is 26.3 Å². The fraction of sp³-hybridized carbons (Fsp3) is 0.222. The molecule has 5 heteroatoms. The van der Waals surface area contributed by atoms with Crippen molar-refractivity contribution in [3.05, 3.63) is 22.7 Å². The van der Waals surface area contributed by atoms with Gasteiger partial charge in [0.05, 0.1) is 7.11 Å². The maximum Gasteiger partial charge on any atom is 0.318 e. The summed E-state index contributed by atoms with van der Waals surface area (Å²) in [6.45, 7) is 0. The lowest BCUT2D eigenvalue weighted by Crippen LogP contribution is -2.24. The molecule has 0 fully saturated rings. The summed E-state index contributed by atoms with van der Waals surface area (Å²) >= 11 is 3.31. The second-order valence-electron chi connectivity index (χ2n) is 2.58. The first kappa shape index (κ1) is 10.8. The molecule has 0 atom stereocenters. The van der Waals surface area contributed by atoms with Crippen molar-refractivity contribution in [1.82, 2.24) is 5.32 Å². The Hall–Kier alpha value is -1.23. The molecule has 0 unspecified atom stereocenters. The van der Waals surface area contributed by atoms with Crippen molar-refractivity contribution in [3.8, 4) is 5.75 Å². The standard InChI is InChI=1S/C9H11BrN2O2/c1-11-9(13)12-7-3-6(10)4-8(5-7)14-2/h3-5H,1-2H3,(H2,11,12,13). The van der Waals surface area contributed by atoms with Crippen LogP contribution in [0.15, 0.2) is 22.7 Å². The zero-order valence-electron chi connectivity index (χ0n) is 7.93. The number of hydrogen-bond donors (Lipinski definition) is 2. The molecule has 2 N–H and O–H groups in total. The normalized spacial score (nSPS) is 9.36. The van der Waals surface area contributed by atoms with Crippen LogP contribution in [0.2, 0.25) is 0 Å². The molecule has 4 nitrogen and oxygen atoms in total. The summed E-state index contributed by atoms with van der Waals surface area (Å²) in [6, 6.07) is 5.08. The maximum atomic E-state index is 11.0. The fourth-order valence-electron chi connectivity index (χ4n) is 0.946. The Morgan fingerprint density at radius 1 is 1.43 bits per heavy atom. The number of urea groups is 1. The third-order valence-corrected chi connectivity index (χ3v) is 2.05. The molecule has 0 radical (unpaired) electrons. The third-order valence-electron chi connectivity index (χ3n) is 1.59. The van der Waals surface area contributed by atoms with Crippen LogP contribution in [0.4, 0.5) is 10.5 Å². The molecule has 0 aliphatic carbocycles. The summed E-state index contributed by atoms with van der Waals surface area (Å²) in [7, 11) is 3.13. The summed E-state index contributed by atoms with van der Waals surface area (Å²) in [6.07, 6.45) is 0.